The average Bonchev–Trinajstić information content (AvgIpc) is 2.61. The number of aromatic nitrogens is 2. The van der Waals surface area contributed by atoms with Crippen LogP contribution >= 0.6 is 0 Å². The van der Waals surface area contributed by atoms with Crippen molar-refractivity contribution in [3.8, 4) is 0 Å². The summed E-state index contributed by atoms with van der Waals surface area (Å²) in [5.74, 6) is 0. The first-order valence-electron chi connectivity index (χ1n) is 7.10. The van der Waals surface area contributed by atoms with Gasteiger partial charge in [-0.15, -0.1) is 0 Å². The summed E-state index contributed by atoms with van der Waals surface area (Å²) in [7, 11) is 2.01. The molecule has 0 amide bonds. The third-order valence-electron chi connectivity index (χ3n) is 4.01. The van der Waals surface area contributed by atoms with Gasteiger partial charge in [-0.1, -0.05) is 6.42 Å². The minimum absolute atomic E-state index is 0.944. The average molecular weight is 250 g/mol. The van der Waals surface area contributed by atoms with Crippen molar-refractivity contribution < 1.29 is 0 Å². The van der Waals surface area contributed by atoms with Crippen LogP contribution in [0.2, 0.25) is 0 Å². The molecule has 4 nitrogen and oxygen atoms in total. The number of rotatable bonds is 5. The van der Waals surface area contributed by atoms with Gasteiger partial charge in [0, 0.05) is 37.9 Å². The fourth-order valence-electron chi connectivity index (χ4n) is 2.71. The van der Waals surface area contributed by atoms with E-state index in [0.29, 0.717) is 0 Å². The number of nitrogens with zero attached hydrogens (tertiary/aromatic N) is 3. The van der Waals surface area contributed by atoms with Crippen molar-refractivity contribution in [2.75, 3.05) is 26.2 Å². The number of aryl methyl sites for hydroxylation is 2. The maximum Gasteiger partial charge on any atom is 0.0641 e. The van der Waals surface area contributed by atoms with Crippen molar-refractivity contribution >= 4 is 0 Å². The van der Waals surface area contributed by atoms with E-state index in [1.54, 1.807) is 0 Å². The number of piperidine rings is 1. The van der Waals surface area contributed by atoms with E-state index in [4.69, 9.17) is 0 Å². The zero-order valence-corrected chi connectivity index (χ0v) is 12.0. The summed E-state index contributed by atoms with van der Waals surface area (Å²) in [4.78, 5) is 2.57. The lowest BCUT2D eigenvalue weighted by Gasteiger charge is -2.26. The molecule has 1 aliphatic heterocycles. The molecule has 102 valence electrons. The minimum atomic E-state index is 0.944. The van der Waals surface area contributed by atoms with E-state index >= 15 is 0 Å². The molecule has 1 aliphatic rings. The van der Waals surface area contributed by atoms with Crippen molar-refractivity contribution in [3.05, 3.63) is 17.0 Å². The van der Waals surface area contributed by atoms with Crippen LogP contribution in [-0.4, -0.2) is 40.9 Å². The second-order valence-electron chi connectivity index (χ2n) is 5.35. The molecule has 18 heavy (non-hydrogen) atoms. The van der Waals surface area contributed by atoms with Crippen LogP contribution in [0.25, 0.3) is 0 Å². The third kappa shape index (κ3) is 3.33. The Morgan fingerprint density at radius 2 is 1.89 bits per heavy atom. The monoisotopic (exact) mass is 250 g/mol. The molecule has 1 N–H and O–H groups in total. The van der Waals surface area contributed by atoms with Gasteiger partial charge in [0.05, 0.1) is 5.69 Å². The lowest BCUT2D eigenvalue weighted by Crippen LogP contribution is -2.35. The SMILES string of the molecule is Cc1nn(C)c(C)c1CNCCN1CCCCC1. The number of hydrogen-bond acceptors (Lipinski definition) is 3. The standard InChI is InChI=1S/C14H26N4/c1-12-14(13(2)17(3)16-12)11-15-7-10-18-8-5-4-6-9-18/h15H,4-11H2,1-3H3. The van der Waals surface area contributed by atoms with Crippen LogP contribution in [-0.2, 0) is 13.6 Å². The van der Waals surface area contributed by atoms with E-state index < -0.39 is 0 Å². The van der Waals surface area contributed by atoms with E-state index in [1.165, 1.54) is 50.2 Å². The molecule has 0 aromatic carbocycles. The fraction of sp³-hybridized carbons (Fsp3) is 0.786. The normalized spacial score (nSPS) is 17.3. The third-order valence-corrected chi connectivity index (χ3v) is 4.01. The van der Waals surface area contributed by atoms with Crippen molar-refractivity contribution in [1.82, 2.24) is 20.0 Å². The number of hydrogen-bond donors (Lipinski definition) is 1. The summed E-state index contributed by atoms with van der Waals surface area (Å²) in [6.07, 6.45) is 4.17. The molecule has 1 aromatic rings. The summed E-state index contributed by atoms with van der Waals surface area (Å²) in [6.45, 7) is 10.0. The lowest BCUT2D eigenvalue weighted by atomic mass is 10.1. The second kappa shape index (κ2) is 6.34. The van der Waals surface area contributed by atoms with Crippen LogP contribution in [0.3, 0.4) is 0 Å². The van der Waals surface area contributed by atoms with Gasteiger partial charge in [0.25, 0.3) is 0 Å². The maximum absolute atomic E-state index is 4.45. The second-order valence-corrected chi connectivity index (χ2v) is 5.35. The molecule has 2 heterocycles. The molecule has 2 rings (SSSR count). The van der Waals surface area contributed by atoms with Crippen LogP contribution in [0.4, 0.5) is 0 Å². The van der Waals surface area contributed by atoms with Crippen LogP contribution in [0.5, 0.6) is 0 Å². The van der Waals surface area contributed by atoms with E-state index in [9.17, 15) is 0 Å². The maximum atomic E-state index is 4.45. The first-order valence-corrected chi connectivity index (χ1v) is 7.10. The van der Waals surface area contributed by atoms with Crippen LogP contribution in [0.15, 0.2) is 0 Å². The summed E-state index contributed by atoms with van der Waals surface area (Å²) in [5.41, 5.74) is 3.79. The van der Waals surface area contributed by atoms with Crippen molar-refractivity contribution in [3.63, 3.8) is 0 Å². The minimum Gasteiger partial charge on any atom is -0.311 e. The van der Waals surface area contributed by atoms with Crippen LogP contribution < -0.4 is 5.32 Å². The molecule has 1 aromatic heterocycles. The molecule has 1 saturated heterocycles. The van der Waals surface area contributed by atoms with E-state index in [0.717, 1.165) is 18.8 Å². The quantitative estimate of drug-likeness (QED) is 0.806. The van der Waals surface area contributed by atoms with Crippen LogP contribution in [0.1, 0.15) is 36.2 Å². The molecule has 4 heteroatoms. The summed E-state index contributed by atoms with van der Waals surface area (Å²) in [5, 5.41) is 7.99. The smallest absolute Gasteiger partial charge is 0.0641 e. The van der Waals surface area contributed by atoms with Gasteiger partial charge in [0.1, 0.15) is 0 Å². The Balaban J connectivity index is 1.71. The Kier molecular flexibility index (Phi) is 4.78. The van der Waals surface area contributed by atoms with Gasteiger partial charge in [-0.25, -0.2) is 0 Å². The summed E-state index contributed by atoms with van der Waals surface area (Å²) in [6, 6.07) is 0. The van der Waals surface area contributed by atoms with Gasteiger partial charge in [0.2, 0.25) is 0 Å². The number of likely N-dealkylation sites (tertiary alicyclic amines) is 1. The van der Waals surface area contributed by atoms with Gasteiger partial charge in [0.15, 0.2) is 0 Å². The van der Waals surface area contributed by atoms with Crippen LogP contribution in [0, 0.1) is 13.8 Å². The van der Waals surface area contributed by atoms with Gasteiger partial charge >= 0.3 is 0 Å². The Hall–Kier alpha value is -0.870. The molecule has 0 atom stereocenters. The topological polar surface area (TPSA) is 33.1 Å². The molecule has 1 fully saturated rings. The number of nitrogens with one attached hydrogen (secondary N) is 1. The zero-order chi connectivity index (χ0) is 13.0. The highest BCUT2D eigenvalue weighted by Gasteiger charge is 2.10. The molecule has 0 saturated carbocycles. The molecule has 0 radical (unpaired) electrons. The van der Waals surface area contributed by atoms with Gasteiger partial charge in [-0.2, -0.15) is 5.10 Å². The van der Waals surface area contributed by atoms with Crippen molar-refractivity contribution in [2.45, 2.75) is 39.7 Å². The zero-order valence-electron chi connectivity index (χ0n) is 12.0. The Bertz CT molecular complexity index is 377. The van der Waals surface area contributed by atoms with E-state index in [2.05, 4.69) is 29.2 Å². The first kappa shape index (κ1) is 13.6. The highest BCUT2D eigenvalue weighted by molar-refractivity contribution is 5.23. The molecule has 0 aliphatic carbocycles. The predicted octanol–water partition coefficient (Wildman–Crippen LogP) is 1.61. The largest absolute Gasteiger partial charge is 0.311 e. The highest BCUT2D eigenvalue weighted by atomic mass is 15.3. The molecule has 0 spiro atoms. The highest BCUT2D eigenvalue weighted by Crippen LogP contribution is 2.11. The van der Waals surface area contributed by atoms with Gasteiger partial charge in [-0.05, 0) is 39.8 Å². The first-order chi connectivity index (χ1) is 8.68. The van der Waals surface area contributed by atoms with Gasteiger partial charge in [-0.3, -0.25) is 4.68 Å². The van der Waals surface area contributed by atoms with Crippen molar-refractivity contribution in [2.24, 2.45) is 7.05 Å². The fourth-order valence-corrected chi connectivity index (χ4v) is 2.71. The molecular weight excluding hydrogens is 224 g/mol. The molecular formula is C14H26N4. The Labute approximate surface area is 110 Å². The summed E-state index contributed by atoms with van der Waals surface area (Å²) >= 11 is 0. The van der Waals surface area contributed by atoms with E-state index in [-0.39, 0.29) is 0 Å². The Morgan fingerprint density at radius 1 is 1.17 bits per heavy atom. The van der Waals surface area contributed by atoms with Crippen molar-refractivity contribution in [1.29, 1.82) is 0 Å². The van der Waals surface area contributed by atoms with E-state index in [1.807, 2.05) is 11.7 Å². The Morgan fingerprint density at radius 3 is 2.50 bits per heavy atom. The molecule has 0 bridgehead atoms. The molecule has 0 unspecified atom stereocenters. The lowest BCUT2D eigenvalue weighted by molar-refractivity contribution is 0.229. The summed E-state index contributed by atoms with van der Waals surface area (Å²) < 4.78 is 1.97. The van der Waals surface area contributed by atoms with Gasteiger partial charge < -0.3 is 10.2 Å². The predicted molar refractivity (Wildman–Crippen MR) is 74.7 cm³/mol.